The Kier molecular flexibility index (Phi) is 3.12. The van der Waals surface area contributed by atoms with E-state index in [2.05, 4.69) is 4.98 Å². The number of nitrogen functional groups attached to an aromatic ring is 1. The van der Waals surface area contributed by atoms with Crippen molar-refractivity contribution in [3.05, 3.63) is 33.8 Å². The Labute approximate surface area is 113 Å². The third-order valence-electron chi connectivity index (χ3n) is 2.75. The molecule has 18 heavy (non-hydrogen) atoms. The summed E-state index contributed by atoms with van der Waals surface area (Å²) in [5.41, 5.74) is 4.83. The second-order valence-corrected chi connectivity index (χ2v) is 4.84. The van der Waals surface area contributed by atoms with Crippen molar-refractivity contribution in [3.8, 4) is 0 Å². The zero-order valence-electron chi connectivity index (χ0n) is 9.41. The molecule has 0 saturated heterocycles. The van der Waals surface area contributed by atoms with Gasteiger partial charge in [0.05, 0.1) is 22.0 Å². The zero-order valence-corrected chi connectivity index (χ0v) is 10.9. The third kappa shape index (κ3) is 1.89. The van der Waals surface area contributed by atoms with Crippen molar-refractivity contribution < 1.29 is 14.6 Å². The lowest BCUT2D eigenvalue weighted by molar-refractivity contribution is 0.0557. The van der Waals surface area contributed by atoms with E-state index in [-0.39, 0.29) is 27.1 Å². The van der Waals surface area contributed by atoms with Gasteiger partial charge in [-0.2, -0.15) is 0 Å². The maximum Gasteiger partial charge on any atom is 0.356 e. The molecule has 0 spiro atoms. The Balaban J connectivity index is 2.65. The number of rotatable bonds is 2. The Morgan fingerprint density at radius 1 is 1.56 bits per heavy atom. The first kappa shape index (κ1) is 13.0. The lowest BCUT2D eigenvalue weighted by Crippen LogP contribution is -2.24. The van der Waals surface area contributed by atoms with Crippen LogP contribution in [0.1, 0.15) is 29.5 Å². The molecule has 0 saturated carbocycles. The van der Waals surface area contributed by atoms with Gasteiger partial charge < -0.3 is 15.6 Å². The van der Waals surface area contributed by atoms with Crippen LogP contribution in [0.15, 0.2) is 12.3 Å². The minimum Gasteiger partial charge on any atom is -0.489 e. The minimum absolute atomic E-state index is 0.00235. The van der Waals surface area contributed by atoms with E-state index < -0.39 is 11.6 Å². The smallest absolute Gasteiger partial charge is 0.356 e. The first-order valence-electron chi connectivity index (χ1n) is 5.08. The van der Waals surface area contributed by atoms with Gasteiger partial charge in [0.1, 0.15) is 5.69 Å². The molecule has 0 amide bonds. The van der Waals surface area contributed by atoms with Crippen molar-refractivity contribution in [2.24, 2.45) is 0 Å². The Hall–Kier alpha value is -1.46. The molecular weight excluding hydrogens is 279 g/mol. The van der Waals surface area contributed by atoms with Crippen LogP contribution in [0.25, 0.3) is 0 Å². The van der Waals surface area contributed by atoms with Crippen LogP contribution in [0, 0.1) is 0 Å². The van der Waals surface area contributed by atoms with Crippen LogP contribution >= 0.6 is 23.2 Å². The summed E-state index contributed by atoms with van der Waals surface area (Å²) in [5, 5.41) is 8.99. The van der Waals surface area contributed by atoms with Crippen LogP contribution in [0.3, 0.4) is 0 Å². The van der Waals surface area contributed by atoms with Crippen molar-refractivity contribution >= 4 is 34.9 Å². The predicted octanol–water partition coefficient (Wildman–Crippen LogP) is 2.82. The number of hydrogen-bond donors (Lipinski definition) is 2. The lowest BCUT2D eigenvalue weighted by atomic mass is 9.97. The summed E-state index contributed by atoms with van der Waals surface area (Å²) < 4.78 is 5.42. The molecule has 0 bridgehead atoms. The largest absolute Gasteiger partial charge is 0.489 e. The van der Waals surface area contributed by atoms with Gasteiger partial charge in [0.15, 0.2) is 11.3 Å². The van der Waals surface area contributed by atoms with Gasteiger partial charge in [-0.15, -0.1) is 0 Å². The molecule has 0 radical (unpaired) electrons. The highest BCUT2D eigenvalue weighted by Gasteiger charge is 2.36. The fraction of sp³-hybridized carbons (Fsp3) is 0.273. The van der Waals surface area contributed by atoms with Crippen LogP contribution in [0.4, 0.5) is 5.69 Å². The minimum atomic E-state index is -1.26. The van der Waals surface area contributed by atoms with Crippen LogP contribution in [0.5, 0.6) is 0 Å². The number of nitrogens with two attached hydrogens (primary N) is 1. The number of ether oxygens (including phenoxy) is 1. The molecule has 96 valence electrons. The van der Waals surface area contributed by atoms with E-state index in [0.29, 0.717) is 6.42 Å². The maximum absolute atomic E-state index is 11.1. The van der Waals surface area contributed by atoms with E-state index in [4.69, 9.17) is 38.8 Å². The Morgan fingerprint density at radius 2 is 2.22 bits per heavy atom. The molecule has 1 aromatic heterocycles. The van der Waals surface area contributed by atoms with Crippen molar-refractivity contribution in [1.82, 2.24) is 4.98 Å². The van der Waals surface area contributed by atoms with E-state index in [1.165, 1.54) is 6.26 Å². The molecule has 1 aliphatic heterocycles. The average Bonchev–Trinajstić information content (AvgIpc) is 2.73. The summed E-state index contributed by atoms with van der Waals surface area (Å²) in [7, 11) is 0. The molecule has 5 nitrogen and oxygen atoms in total. The van der Waals surface area contributed by atoms with Gasteiger partial charge in [0.2, 0.25) is 0 Å². The highest BCUT2D eigenvalue weighted by molar-refractivity contribution is 6.40. The second kappa shape index (κ2) is 4.33. The molecule has 2 rings (SSSR count). The molecule has 0 aromatic carbocycles. The summed E-state index contributed by atoms with van der Waals surface area (Å²) >= 11 is 11.9. The summed E-state index contributed by atoms with van der Waals surface area (Å²) in [5.74, 6) is -1.26. The van der Waals surface area contributed by atoms with E-state index in [1.807, 2.05) is 0 Å². The molecule has 0 fully saturated rings. The first-order valence-corrected chi connectivity index (χ1v) is 5.83. The maximum atomic E-state index is 11.1. The molecule has 1 atom stereocenters. The average molecular weight is 289 g/mol. The zero-order chi connectivity index (χ0) is 13.5. The molecule has 1 aliphatic rings. The van der Waals surface area contributed by atoms with E-state index in [0.717, 1.165) is 0 Å². The predicted molar refractivity (Wildman–Crippen MR) is 67.8 cm³/mol. The number of aromatic carboxylic acids is 1. The van der Waals surface area contributed by atoms with Gasteiger partial charge in [0, 0.05) is 6.42 Å². The summed E-state index contributed by atoms with van der Waals surface area (Å²) in [6, 6.07) is 0. The van der Waals surface area contributed by atoms with Gasteiger partial charge >= 0.3 is 5.97 Å². The van der Waals surface area contributed by atoms with E-state index >= 15 is 0 Å². The molecule has 7 heteroatoms. The summed E-state index contributed by atoms with van der Waals surface area (Å²) in [6.45, 7) is 1.75. The number of carbonyl (C=O) groups is 1. The van der Waals surface area contributed by atoms with Gasteiger partial charge in [0.25, 0.3) is 0 Å². The van der Waals surface area contributed by atoms with Gasteiger partial charge in [-0.05, 0) is 13.0 Å². The van der Waals surface area contributed by atoms with Crippen molar-refractivity contribution in [2.75, 3.05) is 5.73 Å². The normalized spacial score (nSPS) is 21.9. The second-order valence-electron chi connectivity index (χ2n) is 4.08. The molecular formula is C11H10Cl2N2O3. The number of hydrogen-bond acceptors (Lipinski definition) is 4. The first-order chi connectivity index (χ1) is 8.37. The van der Waals surface area contributed by atoms with Crippen molar-refractivity contribution in [1.29, 1.82) is 0 Å². The van der Waals surface area contributed by atoms with Gasteiger partial charge in [-0.3, -0.25) is 0 Å². The quantitative estimate of drug-likeness (QED) is 0.874. The van der Waals surface area contributed by atoms with Crippen LogP contribution in [-0.4, -0.2) is 16.1 Å². The number of aromatic nitrogens is 1. The SMILES string of the molecule is CC1(c2nc(C(=O)O)c(Cl)c(N)c2Cl)CC=CO1. The van der Waals surface area contributed by atoms with Crippen molar-refractivity contribution in [2.45, 2.75) is 18.9 Å². The fourth-order valence-corrected chi connectivity index (χ4v) is 2.33. The van der Waals surface area contributed by atoms with E-state index in [9.17, 15) is 4.79 Å². The van der Waals surface area contributed by atoms with Gasteiger partial charge in [-0.25, -0.2) is 9.78 Å². The van der Waals surface area contributed by atoms with Crippen LogP contribution in [0.2, 0.25) is 10.0 Å². The molecule has 3 N–H and O–H groups in total. The summed E-state index contributed by atoms with van der Waals surface area (Å²) in [6.07, 6.45) is 3.84. The molecule has 0 aliphatic carbocycles. The number of carboxylic acids is 1. The molecule has 1 unspecified atom stereocenters. The van der Waals surface area contributed by atoms with E-state index in [1.54, 1.807) is 13.0 Å². The van der Waals surface area contributed by atoms with Crippen LogP contribution < -0.4 is 5.73 Å². The standard InChI is InChI=1S/C11H10Cl2N2O3/c1-11(3-2-4-18-11)9-6(13)7(14)5(12)8(15-9)10(16)17/h2,4H,3H2,1H3,(H2,14,15)(H,16,17). The highest BCUT2D eigenvalue weighted by atomic mass is 35.5. The monoisotopic (exact) mass is 288 g/mol. The highest BCUT2D eigenvalue weighted by Crippen LogP contribution is 2.41. The van der Waals surface area contributed by atoms with Crippen molar-refractivity contribution in [3.63, 3.8) is 0 Å². The number of carboxylic acid groups (broad SMARTS) is 1. The topological polar surface area (TPSA) is 85.4 Å². The number of halogens is 2. The number of pyridine rings is 1. The lowest BCUT2D eigenvalue weighted by Gasteiger charge is -2.25. The number of nitrogens with zero attached hydrogens (tertiary/aromatic N) is 1. The van der Waals surface area contributed by atoms with Crippen LogP contribution in [-0.2, 0) is 10.3 Å². The Morgan fingerprint density at radius 3 is 2.72 bits per heavy atom. The number of anilines is 1. The Bertz CT molecular complexity index is 550. The fourth-order valence-electron chi connectivity index (χ4n) is 1.73. The molecule has 1 aromatic rings. The third-order valence-corrected chi connectivity index (χ3v) is 3.51. The van der Waals surface area contributed by atoms with Gasteiger partial charge in [-0.1, -0.05) is 23.2 Å². The summed E-state index contributed by atoms with van der Waals surface area (Å²) in [4.78, 5) is 15.0. The molecule has 2 heterocycles.